The quantitative estimate of drug-likeness (QED) is 0.550. The third kappa shape index (κ3) is 5.44. The van der Waals surface area contributed by atoms with Crippen LogP contribution in [0.4, 0.5) is 4.79 Å². The molecular formula is C20H27N5O6S2. The molecule has 2 aliphatic heterocycles. The number of hydrogen-bond acceptors (Lipinski definition) is 9. The summed E-state index contributed by atoms with van der Waals surface area (Å²) < 4.78 is 44.9. The van der Waals surface area contributed by atoms with Crippen LogP contribution in [0, 0.1) is 4.84 Å². The van der Waals surface area contributed by atoms with Crippen LogP contribution in [0.3, 0.4) is 0 Å². The van der Waals surface area contributed by atoms with E-state index in [1.54, 1.807) is 40.8 Å². The number of aromatic nitrogens is 2. The minimum Gasteiger partial charge on any atom is -0.450 e. The van der Waals surface area contributed by atoms with E-state index in [0.29, 0.717) is 71.3 Å². The van der Waals surface area contributed by atoms with Gasteiger partial charge in [-0.1, -0.05) is 6.07 Å². The summed E-state index contributed by atoms with van der Waals surface area (Å²) in [5, 5.41) is 4.46. The lowest BCUT2D eigenvalue weighted by atomic mass is 10.2. The molecule has 3 heterocycles. The van der Waals surface area contributed by atoms with Crippen molar-refractivity contribution in [1.29, 1.82) is 0 Å². The number of nitrogens with zero attached hydrogens (tertiary/aromatic N) is 5. The molecule has 11 nitrogen and oxygen atoms in total. The van der Waals surface area contributed by atoms with E-state index in [0.717, 1.165) is 0 Å². The van der Waals surface area contributed by atoms with Crippen LogP contribution >= 0.6 is 12.2 Å². The molecule has 0 saturated carbocycles. The maximum Gasteiger partial charge on any atom is 0.409 e. The van der Waals surface area contributed by atoms with Gasteiger partial charge in [0.1, 0.15) is 0 Å². The Morgan fingerprint density at radius 3 is 2.58 bits per heavy atom. The topological polar surface area (TPSA) is 110 Å². The second kappa shape index (κ2) is 10.3. The Kier molecular flexibility index (Phi) is 7.44. The summed E-state index contributed by atoms with van der Waals surface area (Å²) in [4.78, 5) is 16.0. The van der Waals surface area contributed by atoms with Crippen molar-refractivity contribution in [2.45, 2.75) is 18.5 Å². The minimum atomic E-state index is -3.63. The lowest BCUT2D eigenvalue weighted by Crippen LogP contribution is -2.49. The first-order valence-electron chi connectivity index (χ1n) is 10.8. The normalized spacial score (nSPS) is 18.4. The van der Waals surface area contributed by atoms with Gasteiger partial charge in [0, 0.05) is 44.8 Å². The summed E-state index contributed by atoms with van der Waals surface area (Å²) in [7, 11) is -3.63. The molecule has 2 saturated heterocycles. The first kappa shape index (κ1) is 23.8. The van der Waals surface area contributed by atoms with E-state index in [2.05, 4.69) is 10.00 Å². The maximum absolute atomic E-state index is 13.0. The predicted molar refractivity (Wildman–Crippen MR) is 121 cm³/mol. The number of ether oxygens (including phenoxy) is 2. The maximum atomic E-state index is 13.0. The number of rotatable bonds is 6. The van der Waals surface area contributed by atoms with Crippen molar-refractivity contribution in [2.75, 3.05) is 59.1 Å². The number of piperazine rings is 1. The number of amides is 1. The van der Waals surface area contributed by atoms with E-state index in [-0.39, 0.29) is 21.7 Å². The molecule has 1 aromatic heterocycles. The monoisotopic (exact) mass is 497 g/mol. The van der Waals surface area contributed by atoms with Gasteiger partial charge in [0.2, 0.25) is 15.9 Å². The number of morpholine rings is 1. The summed E-state index contributed by atoms with van der Waals surface area (Å²) in [6.07, 6.45) is -0.301. The zero-order chi connectivity index (χ0) is 23.4. The van der Waals surface area contributed by atoms with Crippen LogP contribution in [0.15, 0.2) is 33.6 Å². The summed E-state index contributed by atoms with van der Waals surface area (Å²) >= 11 is 5.33. The van der Waals surface area contributed by atoms with Crippen molar-refractivity contribution in [3.8, 4) is 11.5 Å². The van der Waals surface area contributed by atoms with E-state index >= 15 is 0 Å². The Labute approximate surface area is 197 Å². The van der Waals surface area contributed by atoms with Crippen molar-refractivity contribution >= 4 is 28.3 Å². The fourth-order valence-electron chi connectivity index (χ4n) is 3.71. The highest BCUT2D eigenvalue weighted by Crippen LogP contribution is 2.24. The Hall–Kier alpha value is -2.32. The van der Waals surface area contributed by atoms with Crippen LogP contribution in [0.1, 0.15) is 6.92 Å². The van der Waals surface area contributed by atoms with Gasteiger partial charge in [0.15, 0.2) is 0 Å². The Bertz CT molecular complexity index is 1130. The summed E-state index contributed by atoms with van der Waals surface area (Å²) in [5.74, 6) is 0.254. The van der Waals surface area contributed by atoms with Crippen molar-refractivity contribution in [3.63, 3.8) is 0 Å². The standard InChI is InChI=1S/C20H27N5O6S2/c1-2-30-19(26)23-8-6-22(7-9-23)15-25-20(32)31-18(21-25)16-4-3-5-17(14-16)33(27,28)24-10-12-29-13-11-24/h3-5,14H,2,6-13,15H2,1H3. The molecule has 4 rings (SSSR count). The summed E-state index contributed by atoms with van der Waals surface area (Å²) in [6, 6.07) is 6.51. The van der Waals surface area contributed by atoms with Crippen LogP contribution < -0.4 is 0 Å². The van der Waals surface area contributed by atoms with Gasteiger partial charge in [-0.2, -0.15) is 4.31 Å². The number of hydrogen-bond donors (Lipinski definition) is 0. The number of benzene rings is 1. The molecule has 0 N–H and O–H groups in total. The van der Waals surface area contributed by atoms with Gasteiger partial charge >= 0.3 is 6.09 Å². The van der Waals surface area contributed by atoms with Crippen molar-refractivity contribution in [3.05, 3.63) is 29.1 Å². The molecule has 0 atom stereocenters. The molecule has 0 aliphatic carbocycles. The largest absolute Gasteiger partial charge is 0.450 e. The van der Waals surface area contributed by atoms with Gasteiger partial charge in [-0.25, -0.2) is 17.9 Å². The van der Waals surface area contributed by atoms with E-state index < -0.39 is 10.0 Å². The highest BCUT2D eigenvalue weighted by atomic mass is 32.2. The van der Waals surface area contributed by atoms with Gasteiger partial charge < -0.3 is 18.8 Å². The van der Waals surface area contributed by atoms with E-state index in [9.17, 15) is 13.2 Å². The Balaban J connectivity index is 1.45. The van der Waals surface area contributed by atoms with Gasteiger partial charge in [-0.3, -0.25) is 4.90 Å². The summed E-state index contributed by atoms with van der Waals surface area (Å²) in [5.41, 5.74) is 0.529. The molecule has 33 heavy (non-hydrogen) atoms. The molecular weight excluding hydrogens is 470 g/mol. The molecule has 0 unspecified atom stereocenters. The molecule has 0 spiro atoms. The summed E-state index contributed by atoms with van der Waals surface area (Å²) in [6.45, 7) is 6.36. The predicted octanol–water partition coefficient (Wildman–Crippen LogP) is 1.63. The fraction of sp³-hybridized carbons (Fsp3) is 0.550. The second-order valence-corrected chi connectivity index (χ2v) is 9.95. The molecule has 0 bridgehead atoms. The van der Waals surface area contributed by atoms with E-state index in [1.165, 1.54) is 4.31 Å². The van der Waals surface area contributed by atoms with Crippen LogP contribution in [-0.2, 0) is 26.2 Å². The lowest BCUT2D eigenvalue weighted by Gasteiger charge is -2.33. The smallest absolute Gasteiger partial charge is 0.409 e. The van der Waals surface area contributed by atoms with E-state index in [1.807, 2.05) is 0 Å². The van der Waals surface area contributed by atoms with Crippen molar-refractivity contribution in [2.24, 2.45) is 0 Å². The van der Waals surface area contributed by atoms with Gasteiger partial charge in [-0.05, 0) is 37.3 Å². The average Bonchev–Trinajstić information content (AvgIpc) is 3.20. The fourth-order valence-corrected chi connectivity index (χ4v) is 5.35. The van der Waals surface area contributed by atoms with Gasteiger partial charge in [0.05, 0.1) is 31.4 Å². The zero-order valence-corrected chi connectivity index (χ0v) is 20.0. The third-order valence-corrected chi connectivity index (χ3v) is 7.72. The van der Waals surface area contributed by atoms with Crippen LogP contribution in [0.2, 0.25) is 0 Å². The third-order valence-electron chi connectivity index (χ3n) is 5.53. The average molecular weight is 498 g/mol. The van der Waals surface area contributed by atoms with Crippen LogP contribution in [0.25, 0.3) is 11.5 Å². The highest BCUT2D eigenvalue weighted by Gasteiger charge is 2.27. The molecule has 2 aliphatic rings. The van der Waals surface area contributed by atoms with Crippen molar-refractivity contribution in [1.82, 2.24) is 23.9 Å². The minimum absolute atomic E-state index is 0.174. The SMILES string of the molecule is CCOC(=O)N1CCN(Cn2nc(-c3cccc(S(=O)(=O)N4CCOCC4)c3)oc2=S)CC1. The van der Waals surface area contributed by atoms with E-state index in [4.69, 9.17) is 26.1 Å². The van der Waals surface area contributed by atoms with Crippen molar-refractivity contribution < 1.29 is 27.1 Å². The first-order chi connectivity index (χ1) is 15.9. The molecule has 1 aromatic carbocycles. The van der Waals surface area contributed by atoms with Crippen LogP contribution in [0.5, 0.6) is 0 Å². The number of sulfonamides is 1. The molecule has 180 valence electrons. The second-order valence-electron chi connectivity index (χ2n) is 7.66. The Morgan fingerprint density at radius 2 is 1.88 bits per heavy atom. The highest BCUT2D eigenvalue weighted by molar-refractivity contribution is 7.89. The molecule has 2 aromatic rings. The van der Waals surface area contributed by atoms with Gasteiger partial charge in [0.25, 0.3) is 4.84 Å². The molecule has 0 radical (unpaired) electrons. The number of carbonyl (C=O) groups is 1. The molecule has 1 amide bonds. The first-order valence-corrected chi connectivity index (χ1v) is 12.6. The number of carbonyl (C=O) groups excluding carboxylic acids is 1. The lowest BCUT2D eigenvalue weighted by molar-refractivity contribution is 0.0688. The van der Waals surface area contributed by atoms with Gasteiger partial charge in [-0.15, -0.1) is 5.10 Å². The molecule has 2 fully saturated rings. The Morgan fingerprint density at radius 1 is 1.15 bits per heavy atom. The zero-order valence-electron chi connectivity index (χ0n) is 18.4. The van der Waals surface area contributed by atoms with Crippen LogP contribution in [-0.4, -0.2) is 97.5 Å². The molecule has 13 heteroatoms.